The lowest BCUT2D eigenvalue weighted by Crippen LogP contribution is -2.21. The minimum atomic E-state index is -0.137. The zero-order valence-corrected chi connectivity index (χ0v) is 10.8. The number of nitrogens with zero attached hydrogens (tertiary/aromatic N) is 3. The summed E-state index contributed by atoms with van der Waals surface area (Å²) in [6.45, 7) is 4.03. The number of aromatic nitrogens is 2. The average molecular weight is 252 g/mol. The Bertz CT molecular complexity index is 374. The summed E-state index contributed by atoms with van der Waals surface area (Å²) in [5.41, 5.74) is 3.51. The van der Waals surface area contributed by atoms with Crippen molar-refractivity contribution in [2.75, 3.05) is 5.75 Å². The van der Waals surface area contributed by atoms with Crippen LogP contribution < -0.4 is 5.43 Å². The molecule has 17 heavy (non-hydrogen) atoms. The molecule has 0 aromatic carbocycles. The SMILES string of the molecule is CCC(CC)=NNC(=O)CSc1ncccn1. The molecule has 0 aliphatic heterocycles. The van der Waals surface area contributed by atoms with E-state index in [1.807, 2.05) is 13.8 Å². The van der Waals surface area contributed by atoms with Gasteiger partial charge < -0.3 is 0 Å². The van der Waals surface area contributed by atoms with Gasteiger partial charge in [0.25, 0.3) is 5.91 Å². The first-order valence-corrected chi connectivity index (χ1v) is 6.48. The summed E-state index contributed by atoms with van der Waals surface area (Å²) in [5, 5.41) is 4.63. The van der Waals surface area contributed by atoms with Crippen LogP contribution in [0.1, 0.15) is 26.7 Å². The summed E-state index contributed by atoms with van der Waals surface area (Å²) < 4.78 is 0. The number of thioether (sulfide) groups is 1. The van der Waals surface area contributed by atoms with Crippen molar-refractivity contribution in [1.29, 1.82) is 0 Å². The van der Waals surface area contributed by atoms with Gasteiger partial charge in [-0.05, 0) is 18.9 Å². The van der Waals surface area contributed by atoms with Crippen LogP contribution in [0.4, 0.5) is 0 Å². The Balaban J connectivity index is 2.33. The van der Waals surface area contributed by atoms with Crippen molar-refractivity contribution in [2.24, 2.45) is 5.10 Å². The first-order chi connectivity index (χ1) is 8.26. The highest BCUT2D eigenvalue weighted by atomic mass is 32.2. The van der Waals surface area contributed by atoms with E-state index in [0.717, 1.165) is 18.6 Å². The molecule has 0 radical (unpaired) electrons. The normalized spacial score (nSPS) is 9.76. The fourth-order valence-corrected chi connectivity index (χ4v) is 1.67. The van der Waals surface area contributed by atoms with Crippen molar-refractivity contribution < 1.29 is 4.79 Å². The topological polar surface area (TPSA) is 67.2 Å². The third kappa shape index (κ3) is 5.44. The van der Waals surface area contributed by atoms with Gasteiger partial charge in [0, 0.05) is 18.1 Å². The van der Waals surface area contributed by atoms with E-state index in [2.05, 4.69) is 20.5 Å². The molecule has 1 amide bonds. The van der Waals surface area contributed by atoms with Gasteiger partial charge in [-0.2, -0.15) is 5.10 Å². The summed E-state index contributed by atoms with van der Waals surface area (Å²) in [7, 11) is 0. The van der Waals surface area contributed by atoms with Crippen LogP contribution in [0, 0.1) is 0 Å². The molecule has 0 aliphatic carbocycles. The van der Waals surface area contributed by atoms with Crippen LogP contribution in [0.25, 0.3) is 0 Å². The molecule has 1 N–H and O–H groups in total. The van der Waals surface area contributed by atoms with Gasteiger partial charge in [0.05, 0.1) is 5.75 Å². The van der Waals surface area contributed by atoms with Crippen LogP contribution in [0.3, 0.4) is 0 Å². The molecule has 1 rings (SSSR count). The number of hydrogen-bond acceptors (Lipinski definition) is 5. The summed E-state index contributed by atoms with van der Waals surface area (Å²) in [4.78, 5) is 19.5. The monoisotopic (exact) mass is 252 g/mol. The summed E-state index contributed by atoms with van der Waals surface area (Å²) in [5.74, 6) is 0.135. The molecule has 0 saturated carbocycles. The fraction of sp³-hybridized carbons (Fsp3) is 0.455. The van der Waals surface area contributed by atoms with Gasteiger partial charge in [-0.3, -0.25) is 4.79 Å². The average Bonchev–Trinajstić information content (AvgIpc) is 2.39. The summed E-state index contributed by atoms with van der Waals surface area (Å²) in [6, 6.07) is 1.74. The van der Waals surface area contributed by atoms with Crippen molar-refractivity contribution in [3.8, 4) is 0 Å². The van der Waals surface area contributed by atoms with Crippen molar-refractivity contribution in [3.05, 3.63) is 18.5 Å². The lowest BCUT2D eigenvalue weighted by atomic mass is 10.2. The third-order valence-corrected chi connectivity index (χ3v) is 2.90. The number of carbonyl (C=O) groups is 1. The molecule has 1 aromatic heterocycles. The highest BCUT2D eigenvalue weighted by Crippen LogP contribution is 2.09. The first kappa shape index (κ1) is 13.6. The molecule has 0 atom stereocenters. The Hall–Kier alpha value is -1.43. The molecule has 1 aromatic rings. The van der Waals surface area contributed by atoms with E-state index >= 15 is 0 Å². The van der Waals surface area contributed by atoms with Crippen molar-refractivity contribution in [2.45, 2.75) is 31.8 Å². The molecule has 0 aliphatic rings. The zero-order chi connectivity index (χ0) is 12.5. The highest BCUT2D eigenvalue weighted by Gasteiger charge is 2.03. The Morgan fingerprint density at radius 3 is 2.59 bits per heavy atom. The molecule has 1 heterocycles. The fourth-order valence-electron chi connectivity index (χ4n) is 1.07. The van der Waals surface area contributed by atoms with Gasteiger partial charge in [0.2, 0.25) is 0 Å². The quantitative estimate of drug-likeness (QED) is 0.363. The van der Waals surface area contributed by atoms with Gasteiger partial charge in [-0.1, -0.05) is 25.6 Å². The molecule has 92 valence electrons. The van der Waals surface area contributed by atoms with E-state index < -0.39 is 0 Å². The molecule has 0 bridgehead atoms. The first-order valence-electron chi connectivity index (χ1n) is 5.50. The second-order valence-electron chi connectivity index (χ2n) is 3.24. The van der Waals surface area contributed by atoms with Gasteiger partial charge in [0.15, 0.2) is 5.16 Å². The van der Waals surface area contributed by atoms with Crippen LogP contribution >= 0.6 is 11.8 Å². The van der Waals surface area contributed by atoms with Gasteiger partial charge in [0.1, 0.15) is 0 Å². The van der Waals surface area contributed by atoms with Crippen LogP contribution in [0.5, 0.6) is 0 Å². The lowest BCUT2D eigenvalue weighted by Gasteiger charge is -2.01. The van der Waals surface area contributed by atoms with Gasteiger partial charge in [-0.15, -0.1) is 0 Å². The second kappa shape index (κ2) is 7.78. The van der Waals surface area contributed by atoms with E-state index in [9.17, 15) is 4.79 Å². The van der Waals surface area contributed by atoms with E-state index in [-0.39, 0.29) is 11.7 Å². The second-order valence-corrected chi connectivity index (χ2v) is 4.18. The summed E-state index contributed by atoms with van der Waals surface area (Å²) in [6.07, 6.45) is 5.01. The number of carbonyl (C=O) groups excluding carboxylic acids is 1. The van der Waals surface area contributed by atoms with Crippen molar-refractivity contribution >= 4 is 23.4 Å². The summed E-state index contributed by atoms with van der Waals surface area (Å²) >= 11 is 1.29. The van der Waals surface area contributed by atoms with Crippen LogP contribution in [0.15, 0.2) is 28.7 Å². The lowest BCUT2D eigenvalue weighted by molar-refractivity contribution is -0.118. The zero-order valence-electron chi connectivity index (χ0n) is 10.0. The van der Waals surface area contributed by atoms with Crippen LogP contribution in [0.2, 0.25) is 0 Å². The van der Waals surface area contributed by atoms with Gasteiger partial charge >= 0.3 is 0 Å². The predicted molar refractivity (Wildman–Crippen MR) is 68.9 cm³/mol. The number of rotatable bonds is 6. The number of nitrogens with one attached hydrogen (secondary N) is 1. The molecular formula is C11H16N4OS. The maximum atomic E-state index is 11.5. The minimum absolute atomic E-state index is 0.137. The number of amides is 1. The molecule has 0 saturated heterocycles. The van der Waals surface area contributed by atoms with E-state index in [0.29, 0.717) is 5.16 Å². The predicted octanol–water partition coefficient (Wildman–Crippen LogP) is 1.86. The maximum absolute atomic E-state index is 11.5. The minimum Gasteiger partial charge on any atom is -0.272 e. The van der Waals surface area contributed by atoms with Crippen molar-refractivity contribution in [1.82, 2.24) is 15.4 Å². The Labute approximate surface area is 105 Å². The molecule has 0 fully saturated rings. The smallest absolute Gasteiger partial charge is 0.250 e. The Morgan fingerprint density at radius 2 is 2.00 bits per heavy atom. The standard InChI is InChI=1S/C11H16N4OS/c1-3-9(4-2)14-15-10(16)8-17-11-12-6-5-7-13-11/h5-7H,3-4,8H2,1-2H3,(H,15,16). The van der Waals surface area contributed by atoms with Crippen LogP contribution in [-0.4, -0.2) is 27.3 Å². The van der Waals surface area contributed by atoms with E-state index in [1.165, 1.54) is 11.8 Å². The molecule has 0 spiro atoms. The highest BCUT2D eigenvalue weighted by molar-refractivity contribution is 7.99. The molecule has 0 unspecified atom stereocenters. The van der Waals surface area contributed by atoms with Crippen LogP contribution in [-0.2, 0) is 4.79 Å². The number of hydrazone groups is 1. The van der Waals surface area contributed by atoms with E-state index in [4.69, 9.17) is 0 Å². The molecular weight excluding hydrogens is 236 g/mol. The Kier molecular flexibility index (Phi) is 6.24. The Morgan fingerprint density at radius 1 is 1.35 bits per heavy atom. The van der Waals surface area contributed by atoms with E-state index in [1.54, 1.807) is 18.5 Å². The van der Waals surface area contributed by atoms with Gasteiger partial charge in [-0.25, -0.2) is 15.4 Å². The third-order valence-electron chi connectivity index (χ3n) is 2.03. The molecule has 5 nitrogen and oxygen atoms in total. The largest absolute Gasteiger partial charge is 0.272 e. The number of hydrogen-bond donors (Lipinski definition) is 1. The van der Waals surface area contributed by atoms with Crippen molar-refractivity contribution in [3.63, 3.8) is 0 Å². The maximum Gasteiger partial charge on any atom is 0.250 e. The molecule has 6 heteroatoms.